The highest BCUT2D eigenvalue weighted by Gasteiger charge is 2.28. The number of hydrogen-bond donors (Lipinski definition) is 2. The van der Waals surface area contributed by atoms with Gasteiger partial charge in [0.15, 0.2) is 0 Å². The highest BCUT2D eigenvalue weighted by molar-refractivity contribution is 6.42. The van der Waals surface area contributed by atoms with Crippen LogP contribution in [-0.4, -0.2) is 40.8 Å². The van der Waals surface area contributed by atoms with Crippen molar-refractivity contribution >= 4 is 29.2 Å². The number of aliphatic carboxylic acids is 1. The zero-order chi connectivity index (χ0) is 13.7. The summed E-state index contributed by atoms with van der Waals surface area (Å²) >= 11 is 11.9. The first-order chi connectivity index (χ1) is 8.52. The fraction of sp³-hybridized carbons (Fsp3) is 0.417. The molecule has 18 heavy (non-hydrogen) atoms. The fourth-order valence-electron chi connectivity index (χ4n) is 1.82. The fourth-order valence-corrected chi connectivity index (χ4v) is 2.23. The molecule has 0 saturated heterocycles. The number of carboxylic acid groups (broad SMARTS) is 1. The van der Waals surface area contributed by atoms with Gasteiger partial charge in [-0.15, -0.1) is 0 Å². The van der Waals surface area contributed by atoms with Crippen LogP contribution >= 0.6 is 23.2 Å². The van der Waals surface area contributed by atoms with Crippen LogP contribution in [0.4, 0.5) is 0 Å². The monoisotopic (exact) mass is 291 g/mol. The van der Waals surface area contributed by atoms with Gasteiger partial charge >= 0.3 is 5.97 Å². The molecule has 0 amide bonds. The SMILES string of the molecule is CCN(CCO)C(C(=O)O)c1cccc(Cl)c1Cl. The van der Waals surface area contributed by atoms with Gasteiger partial charge in [-0.05, 0) is 12.6 Å². The van der Waals surface area contributed by atoms with Crippen LogP contribution in [0.3, 0.4) is 0 Å². The van der Waals surface area contributed by atoms with Crippen molar-refractivity contribution in [3.8, 4) is 0 Å². The van der Waals surface area contributed by atoms with Gasteiger partial charge in [-0.2, -0.15) is 0 Å². The lowest BCUT2D eigenvalue weighted by molar-refractivity contribution is -0.143. The third-order valence-electron chi connectivity index (χ3n) is 2.67. The molecule has 0 aromatic heterocycles. The molecule has 0 saturated carbocycles. The molecule has 0 heterocycles. The molecule has 1 aromatic carbocycles. The normalized spacial score (nSPS) is 12.7. The lowest BCUT2D eigenvalue weighted by Crippen LogP contribution is -2.36. The standard InChI is InChI=1S/C12H15Cl2NO3/c1-2-15(6-7-16)11(12(17)18)8-4-3-5-9(13)10(8)14/h3-5,11,16H,2,6-7H2,1H3,(H,17,18). The van der Waals surface area contributed by atoms with Crippen molar-refractivity contribution in [2.75, 3.05) is 19.7 Å². The molecule has 2 N–H and O–H groups in total. The molecule has 0 bridgehead atoms. The van der Waals surface area contributed by atoms with Gasteiger partial charge in [0.25, 0.3) is 0 Å². The van der Waals surface area contributed by atoms with Crippen LogP contribution in [0.1, 0.15) is 18.5 Å². The van der Waals surface area contributed by atoms with Crippen LogP contribution in [-0.2, 0) is 4.79 Å². The summed E-state index contributed by atoms with van der Waals surface area (Å²) in [5.74, 6) is -1.02. The van der Waals surface area contributed by atoms with E-state index in [1.807, 2.05) is 6.92 Å². The Balaban J connectivity index is 3.19. The van der Waals surface area contributed by atoms with Gasteiger partial charge in [0.1, 0.15) is 6.04 Å². The van der Waals surface area contributed by atoms with E-state index in [2.05, 4.69) is 0 Å². The summed E-state index contributed by atoms with van der Waals surface area (Å²) in [5.41, 5.74) is 0.437. The van der Waals surface area contributed by atoms with Crippen LogP contribution in [0.2, 0.25) is 10.0 Å². The Morgan fingerprint density at radius 1 is 1.44 bits per heavy atom. The third kappa shape index (κ3) is 3.36. The average molecular weight is 292 g/mol. The van der Waals surface area contributed by atoms with Crippen molar-refractivity contribution in [2.24, 2.45) is 0 Å². The molecule has 0 radical (unpaired) electrons. The third-order valence-corrected chi connectivity index (χ3v) is 3.50. The summed E-state index contributed by atoms with van der Waals surface area (Å²) in [6, 6.07) is 3.99. The highest BCUT2D eigenvalue weighted by Crippen LogP contribution is 2.32. The number of rotatable bonds is 6. The zero-order valence-corrected chi connectivity index (χ0v) is 11.4. The molecule has 0 fully saturated rings. The lowest BCUT2D eigenvalue weighted by atomic mass is 10.1. The van der Waals surface area contributed by atoms with Gasteiger partial charge in [-0.25, -0.2) is 0 Å². The van der Waals surface area contributed by atoms with Crippen molar-refractivity contribution in [3.63, 3.8) is 0 Å². The summed E-state index contributed by atoms with van der Waals surface area (Å²) in [6.45, 7) is 2.45. The van der Waals surface area contributed by atoms with Gasteiger partial charge < -0.3 is 10.2 Å². The Bertz CT molecular complexity index is 426. The Hall–Kier alpha value is -0.810. The second-order valence-electron chi connectivity index (χ2n) is 3.74. The number of aliphatic hydroxyl groups is 1. The number of likely N-dealkylation sites (N-methyl/N-ethyl adjacent to an activating group) is 1. The molecule has 0 aliphatic heterocycles. The molecule has 0 aliphatic carbocycles. The van der Waals surface area contributed by atoms with Gasteiger partial charge in [0.05, 0.1) is 16.7 Å². The number of benzene rings is 1. The summed E-state index contributed by atoms with van der Waals surface area (Å²) in [7, 11) is 0. The zero-order valence-electron chi connectivity index (χ0n) is 9.94. The average Bonchev–Trinajstić information content (AvgIpc) is 2.33. The van der Waals surface area contributed by atoms with Gasteiger partial charge in [-0.1, -0.05) is 42.3 Å². The largest absolute Gasteiger partial charge is 0.480 e. The van der Waals surface area contributed by atoms with E-state index in [1.54, 1.807) is 23.1 Å². The van der Waals surface area contributed by atoms with E-state index in [1.165, 1.54) is 0 Å². The maximum Gasteiger partial charge on any atom is 0.325 e. The molecular weight excluding hydrogens is 277 g/mol. The molecule has 4 nitrogen and oxygen atoms in total. The van der Waals surface area contributed by atoms with Crippen LogP contribution in [0.5, 0.6) is 0 Å². The quantitative estimate of drug-likeness (QED) is 0.845. The van der Waals surface area contributed by atoms with Gasteiger partial charge in [-0.3, -0.25) is 9.69 Å². The van der Waals surface area contributed by atoms with Crippen LogP contribution in [0.25, 0.3) is 0 Å². The summed E-state index contributed by atoms with van der Waals surface area (Å²) in [4.78, 5) is 13.0. The first-order valence-corrected chi connectivity index (χ1v) is 6.30. The smallest absolute Gasteiger partial charge is 0.325 e. The van der Waals surface area contributed by atoms with Crippen LogP contribution in [0.15, 0.2) is 18.2 Å². The first-order valence-electron chi connectivity index (χ1n) is 5.54. The Labute approximate surface area is 116 Å². The number of carbonyl (C=O) groups is 1. The minimum atomic E-state index is -1.02. The predicted molar refractivity (Wildman–Crippen MR) is 71.2 cm³/mol. The topological polar surface area (TPSA) is 60.8 Å². The van der Waals surface area contributed by atoms with E-state index < -0.39 is 12.0 Å². The minimum Gasteiger partial charge on any atom is -0.480 e. The Morgan fingerprint density at radius 2 is 2.11 bits per heavy atom. The van der Waals surface area contributed by atoms with E-state index in [4.69, 9.17) is 28.3 Å². The molecule has 6 heteroatoms. The Morgan fingerprint density at radius 3 is 2.61 bits per heavy atom. The molecule has 1 rings (SSSR count). The van der Waals surface area contributed by atoms with E-state index in [0.29, 0.717) is 17.1 Å². The molecule has 1 unspecified atom stereocenters. The number of aliphatic hydroxyl groups excluding tert-OH is 1. The summed E-state index contributed by atoms with van der Waals surface area (Å²) in [6.07, 6.45) is 0. The molecule has 0 aliphatic rings. The molecular formula is C12H15Cl2NO3. The van der Waals surface area contributed by atoms with Crippen LogP contribution < -0.4 is 0 Å². The van der Waals surface area contributed by atoms with Crippen molar-refractivity contribution in [1.29, 1.82) is 0 Å². The van der Waals surface area contributed by atoms with Crippen molar-refractivity contribution in [1.82, 2.24) is 4.90 Å². The number of carboxylic acids is 1. The van der Waals surface area contributed by atoms with Gasteiger partial charge in [0.2, 0.25) is 0 Å². The summed E-state index contributed by atoms with van der Waals surface area (Å²) < 4.78 is 0. The molecule has 1 aromatic rings. The van der Waals surface area contributed by atoms with Crippen molar-refractivity contribution < 1.29 is 15.0 Å². The van der Waals surface area contributed by atoms with E-state index >= 15 is 0 Å². The minimum absolute atomic E-state index is 0.115. The van der Waals surface area contributed by atoms with Crippen molar-refractivity contribution in [2.45, 2.75) is 13.0 Å². The molecule has 100 valence electrons. The molecule has 0 spiro atoms. The van der Waals surface area contributed by atoms with E-state index in [0.717, 1.165) is 0 Å². The highest BCUT2D eigenvalue weighted by atomic mass is 35.5. The number of halogens is 2. The van der Waals surface area contributed by atoms with E-state index in [-0.39, 0.29) is 18.2 Å². The Kier molecular flexibility index (Phi) is 5.88. The van der Waals surface area contributed by atoms with E-state index in [9.17, 15) is 9.90 Å². The predicted octanol–water partition coefficient (Wildman–Crippen LogP) is 2.43. The number of nitrogens with zero attached hydrogens (tertiary/aromatic N) is 1. The van der Waals surface area contributed by atoms with Crippen LogP contribution in [0, 0.1) is 0 Å². The lowest BCUT2D eigenvalue weighted by Gasteiger charge is -2.27. The second kappa shape index (κ2) is 6.95. The first kappa shape index (κ1) is 15.2. The maximum absolute atomic E-state index is 11.4. The van der Waals surface area contributed by atoms with Gasteiger partial charge in [0, 0.05) is 12.1 Å². The maximum atomic E-state index is 11.4. The molecule has 1 atom stereocenters. The summed E-state index contributed by atoms with van der Waals surface area (Å²) in [5, 5.41) is 18.9. The van der Waals surface area contributed by atoms with Crippen molar-refractivity contribution in [3.05, 3.63) is 33.8 Å². The second-order valence-corrected chi connectivity index (χ2v) is 4.52. The number of hydrogen-bond acceptors (Lipinski definition) is 3.